The van der Waals surface area contributed by atoms with Crippen molar-refractivity contribution in [2.24, 2.45) is 0 Å². The average molecular weight is 390 g/mol. The van der Waals surface area contributed by atoms with E-state index in [2.05, 4.69) is 48.6 Å². The van der Waals surface area contributed by atoms with Crippen molar-refractivity contribution in [2.45, 2.75) is 58.5 Å². The number of fused-ring (bicyclic) bond motifs is 1. The number of amides is 1. The lowest BCUT2D eigenvalue weighted by Crippen LogP contribution is -2.39. The lowest BCUT2D eigenvalue weighted by molar-refractivity contribution is 0.0270. The maximum absolute atomic E-state index is 12.4. The number of ether oxygens (including phenoxy) is 1. The van der Waals surface area contributed by atoms with Gasteiger partial charge in [0.2, 0.25) is 0 Å². The molecule has 3 nitrogen and oxygen atoms in total. The number of benzene rings is 2. The predicted octanol–water partition coefficient (Wildman–Crippen LogP) is 6.82. The van der Waals surface area contributed by atoms with E-state index in [0.29, 0.717) is 13.1 Å². The van der Waals surface area contributed by atoms with E-state index in [4.69, 9.17) is 4.74 Å². The van der Waals surface area contributed by atoms with Gasteiger partial charge in [-0.25, -0.2) is 4.79 Å². The van der Waals surface area contributed by atoms with Crippen LogP contribution in [0.3, 0.4) is 0 Å². The number of carbonyl (C=O) groups excluding carboxylic acids is 1. The third kappa shape index (κ3) is 4.39. The van der Waals surface area contributed by atoms with Crippen LogP contribution in [-0.2, 0) is 4.74 Å². The van der Waals surface area contributed by atoms with Gasteiger partial charge in [-0.1, -0.05) is 48.6 Å². The van der Waals surface area contributed by atoms with Gasteiger partial charge in [-0.2, -0.15) is 0 Å². The van der Waals surface area contributed by atoms with Gasteiger partial charge < -0.3 is 9.64 Å². The van der Waals surface area contributed by atoms with Crippen molar-refractivity contribution in [1.82, 2.24) is 4.90 Å². The van der Waals surface area contributed by atoms with E-state index in [0.717, 1.165) is 6.42 Å². The molecule has 2 aliphatic rings. The summed E-state index contributed by atoms with van der Waals surface area (Å²) in [6, 6.07) is 13.3. The Bertz CT molecular complexity index is 978. The summed E-state index contributed by atoms with van der Waals surface area (Å²) in [4.78, 5) is 14.1. The van der Waals surface area contributed by atoms with Crippen LogP contribution >= 0.6 is 0 Å². The Kier molecular flexibility index (Phi) is 5.49. The molecule has 0 fully saturated rings. The van der Waals surface area contributed by atoms with E-state index in [1.54, 1.807) is 4.90 Å². The molecule has 0 spiro atoms. The second-order valence-corrected chi connectivity index (χ2v) is 9.09. The Balaban J connectivity index is 1.62. The Morgan fingerprint density at radius 2 is 1.55 bits per heavy atom. The molecule has 0 N–H and O–H groups in total. The van der Waals surface area contributed by atoms with Crippen molar-refractivity contribution >= 4 is 28.0 Å². The summed E-state index contributed by atoms with van der Waals surface area (Å²) in [6.45, 7) is 7.02. The van der Waals surface area contributed by atoms with E-state index < -0.39 is 5.60 Å². The molecule has 0 atom stereocenters. The van der Waals surface area contributed by atoms with Crippen LogP contribution in [0.2, 0.25) is 0 Å². The van der Waals surface area contributed by atoms with E-state index >= 15 is 0 Å². The summed E-state index contributed by atoms with van der Waals surface area (Å²) in [6.07, 6.45) is 10.2. The van der Waals surface area contributed by atoms with Crippen LogP contribution in [-0.4, -0.2) is 29.7 Å². The first-order valence-corrected chi connectivity index (χ1v) is 10.8. The van der Waals surface area contributed by atoms with Gasteiger partial charge in [-0.05, 0) is 85.9 Å². The van der Waals surface area contributed by atoms with Crippen LogP contribution in [0.1, 0.15) is 64.0 Å². The molecule has 0 unspecified atom stereocenters. The summed E-state index contributed by atoms with van der Waals surface area (Å²) in [7, 11) is 0. The topological polar surface area (TPSA) is 29.5 Å². The minimum Gasteiger partial charge on any atom is -0.444 e. The Morgan fingerprint density at radius 3 is 2.07 bits per heavy atom. The molecule has 0 saturated heterocycles. The van der Waals surface area contributed by atoms with Gasteiger partial charge in [-0.15, -0.1) is 0 Å². The molecular formula is C26H31NO2. The van der Waals surface area contributed by atoms with Crippen molar-refractivity contribution in [1.29, 1.82) is 0 Å². The number of carbonyl (C=O) groups is 1. The standard InChI is InChI=1S/C26H31NO2/c1-26(2,3)29-25(28)27-17-15-20(16-18-27)22-14-13-21(19-9-5-4-6-10-19)23-11-7-8-12-24(22)23/h7-9,11-15H,4-6,10,16-18H2,1-3H3. The van der Waals surface area contributed by atoms with Gasteiger partial charge in [0.15, 0.2) is 0 Å². The Labute approximate surface area is 174 Å². The molecule has 0 aromatic heterocycles. The zero-order valence-electron chi connectivity index (χ0n) is 17.8. The Hall–Kier alpha value is -2.55. The van der Waals surface area contributed by atoms with Gasteiger partial charge in [0, 0.05) is 13.1 Å². The molecule has 2 aromatic rings. The van der Waals surface area contributed by atoms with Crippen LogP contribution in [0.25, 0.3) is 21.9 Å². The molecule has 1 amide bonds. The van der Waals surface area contributed by atoms with Crippen LogP contribution in [0.15, 0.2) is 48.6 Å². The van der Waals surface area contributed by atoms with Crippen molar-refractivity contribution in [3.05, 3.63) is 59.7 Å². The smallest absolute Gasteiger partial charge is 0.410 e. The first-order chi connectivity index (χ1) is 13.9. The second-order valence-electron chi connectivity index (χ2n) is 9.09. The molecule has 1 aliphatic carbocycles. The molecular weight excluding hydrogens is 358 g/mol. The third-order valence-electron chi connectivity index (χ3n) is 5.77. The van der Waals surface area contributed by atoms with Crippen molar-refractivity contribution < 1.29 is 9.53 Å². The molecule has 1 aliphatic heterocycles. The van der Waals surface area contributed by atoms with Crippen molar-refractivity contribution in [3.63, 3.8) is 0 Å². The van der Waals surface area contributed by atoms with E-state index in [9.17, 15) is 4.79 Å². The van der Waals surface area contributed by atoms with Gasteiger partial charge >= 0.3 is 6.09 Å². The first-order valence-electron chi connectivity index (χ1n) is 10.8. The average Bonchev–Trinajstić information content (AvgIpc) is 2.72. The van der Waals surface area contributed by atoms with Gasteiger partial charge in [0.05, 0.1) is 0 Å². The summed E-state index contributed by atoms with van der Waals surface area (Å²) in [5, 5.41) is 2.65. The number of nitrogens with zero attached hydrogens (tertiary/aromatic N) is 1. The fourth-order valence-electron chi connectivity index (χ4n) is 4.35. The summed E-state index contributed by atoms with van der Waals surface area (Å²) in [5.41, 5.74) is 5.04. The zero-order chi connectivity index (χ0) is 20.4. The molecule has 3 heteroatoms. The monoisotopic (exact) mass is 389 g/mol. The van der Waals surface area contributed by atoms with Crippen LogP contribution in [0, 0.1) is 0 Å². The fraction of sp³-hybridized carbons (Fsp3) is 0.423. The molecule has 0 radical (unpaired) electrons. The quantitative estimate of drug-likeness (QED) is 0.564. The molecule has 0 bridgehead atoms. The largest absolute Gasteiger partial charge is 0.444 e. The van der Waals surface area contributed by atoms with Gasteiger partial charge in [-0.3, -0.25) is 0 Å². The lowest BCUT2D eigenvalue weighted by Gasteiger charge is -2.30. The predicted molar refractivity (Wildman–Crippen MR) is 121 cm³/mol. The lowest BCUT2D eigenvalue weighted by atomic mass is 9.87. The molecule has 152 valence electrons. The minimum absolute atomic E-state index is 0.225. The number of hydrogen-bond acceptors (Lipinski definition) is 2. The highest BCUT2D eigenvalue weighted by atomic mass is 16.6. The van der Waals surface area contributed by atoms with E-state index in [-0.39, 0.29) is 6.09 Å². The van der Waals surface area contributed by atoms with Crippen LogP contribution < -0.4 is 0 Å². The number of rotatable bonds is 2. The molecule has 0 saturated carbocycles. The van der Waals surface area contributed by atoms with Gasteiger partial charge in [0.25, 0.3) is 0 Å². The minimum atomic E-state index is -0.457. The van der Waals surface area contributed by atoms with Crippen LogP contribution in [0.4, 0.5) is 4.79 Å². The van der Waals surface area contributed by atoms with Crippen molar-refractivity contribution in [3.8, 4) is 0 Å². The highest BCUT2D eigenvalue weighted by Gasteiger charge is 2.24. The molecule has 1 heterocycles. The Morgan fingerprint density at radius 1 is 0.897 bits per heavy atom. The summed E-state index contributed by atoms with van der Waals surface area (Å²) >= 11 is 0. The maximum Gasteiger partial charge on any atom is 0.410 e. The van der Waals surface area contributed by atoms with Crippen LogP contribution in [0.5, 0.6) is 0 Å². The first kappa shape index (κ1) is 19.8. The molecule has 4 rings (SSSR count). The zero-order valence-corrected chi connectivity index (χ0v) is 17.8. The third-order valence-corrected chi connectivity index (χ3v) is 5.77. The molecule has 29 heavy (non-hydrogen) atoms. The highest BCUT2D eigenvalue weighted by Crippen LogP contribution is 2.36. The number of allylic oxidation sites excluding steroid dienone is 2. The van der Waals surface area contributed by atoms with E-state index in [1.165, 1.54) is 58.7 Å². The highest BCUT2D eigenvalue weighted by molar-refractivity contribution is 6.00. The summed E-state index contributed by atoms with van der Waals surface area (Å²) in [5.74, 6) is 0. The second kappa shape index (κ2) is 8.06. The fourth-order valence-corrected chi connectivity index (χ4v) is 4.35. The number of hydrogen-bond donors (Lipinski definition) is 0. The van der Waals surface area contributed by atoms with Gasteiger partial charge in [0.1, 0.15) is 5.60 Å². The normalized spacial score (nSPS) is 17.7. The van der Waals surface area contributed by atoms with E-state index in [1.807, 2.05) is 20.8 Å². The SMILES string of the molecule is CC(C)(C)OC(=O)N1CC=C(c2ccc(C3=CCCCC3)c3ccccc23)CC1. The maximum atomic E-state index is 12.4. The molecule has 2 aromatic carbocycles. The van der Waals surface area contributed by atoms with Crippen molar-refractivity contribution in [2.75, 3.05) is 13.1 Å². The summed E-state index contributed by atoms with van der Waals surface area (Å²) < 4.78 is 5.52.